The second kappa shape index (κ2) is 5.74. The largest absolute Gasteiger partial charge is 0.496 e. The van der Waals surface area contributed by atoms with Gasteiger partial charge in [-0.05, 0) is 56.8 Å². The minimum atomic E-state index is 0.384. The van der Waals surface area contributed by atoms with E-state index in [0.29, 0.717) is 6.04 Å². The fraction of sp³-hybridized carbons (Fsp3) is 0.647. The predicted octanol–water partition coefficient (Wildman–Crippen LogP) is 2.96. The van der Waals surface area contributed by atoms with Crippen molar-refractivity contribution in [3.8, 4) is 5.75 Å². The first-order valence-electron chi connectivity index (χ1n) is 7.79. The fourth-order valence-electron chi connectivity index (χ4n) is 3.80. The van der Waals surface area contributed by atoms with Crippen molar-refractivity contribution in [2.24, 2.45) is 5.92 Å². The van der Waals surface area contributed by atoms with E-state index in [0.717, 1.165) is 24.3 Å². The standard InChI is InChI=1S/C17H26N2O/c1-12(18-2)14-5-7-17(20-3)15(9-14)11-19-10-13-4-6-16(19)8-13/h5,7,9,12-13,16,18H,4,6,8,10-11H2,1-3H3. The molecule has 2 fully saturated rings. The Morgan fingerprint density at radius 2 is 2.25 bits per heavy atom. The van der Waals surface area contributed by atoms with Crippen molar-refractivity contribution >= 4 is 0 Å². The zero-order valence-corrected chi connectivity index (χ0v) is 12.9. The minimum Gasteiger partial charge on any atom is -0.496 e. The smallest absolute Gasteiger partial charge is 0.123 e. The Kier molecular flexibility index (Phi) is 3.99. The van der Waals surface area contributed by atoms with Gasteiger partial charge in [-0.3, -0.25) is 4.90 Å². The molecule has 1 aliphatic heterocycles. The highest BCUT2D eigenvalue weighted by Gasteiger charge is 2.37. The maximum Gasteiger partial charge on any atom is 0.123 e. The van der Waals surface area contributed by atoms with E-state index in [-0.39, 0.29) is 0 Å². The van der Waals surface area contributed by atoms with E-state index >= 15 is 0 Å². The quantitative estimate of drug-likeness (QED) is 0.893. The molecule has 3 atom stereocenters. The third-order valence-corrected chi connectivity index (χ3v) is 5.13. The van der Waals surface area contributed by atoms with Gasteiger partial charge in [0.25, 0.3) is 0 Å². The van der Waals surface area contributed by atoms with Crippen LogP contribution >= 0.6 is 0 Å². The summed E-state index contributed by atoms with van der Waals surface area (Å²) in [5.74, 6) is 1.98. The molecule has 1 N–H and O–H groups in total. The van der Waals surface area contributed by atoms with E-state index in [1.54, 1.807) is 7.11 Å². The van der Waals surface area contributed by atoms with Crippen LogP contribution < -0.4 is 10.1 Å². The molecule has 2 aliphatic rings. The zero-order valence-electron chi connectivity index (χ0n) is 12.9. The molecule has 3 heteroatoms. The van der Waals surface area contributed by atoms with Crippen LogP contribution in [0.4, 0.5) is 0 Å². The van der Waals surface area contributed by atoms with Crippen molar-refractivity contribution in [1.29, 1.82) is 0 Å². The van der Waals surface area contributed by atoms with Crippen molar-refractivity contribution in [1.82, 2.24) is 10.2 Å². The molecule has 1 aromatic carbocycles. The van der Waals surface area contributed by atoms with Crippen molar-refractivity contribution in [2.45, 2.75) is 44.8 Å². The van der Waals surface area contributed by atoms with Gasteiger partial charge in [0, 0.05) is 30.7 Å². The van der Waals surface area contributed by atoms with Crippen LogP contribution in [0.25, 0.3) is 0 Å². The van der Waals surface area contributed by atoms with Crippen LogP contribution in [0.3, 0.4) is 0 Å². The van der Waals surface area contributed by atoms with E-state index in [4.69, 9.17) is 4.74 Å². The van der Waals surface area contributed by atoms with Crippen molar-refractivity contribution in [3.05, 3.63) is 29.3 Å². The molecule has 1 heterocycles. The highest BCUT2D eigenvalue weighted by atomic mass is 16.5. The van der Waals surface area contributed by atoms with Gasteiger partial charge in [-0.25, -0.2) is 0 Å². The lowest BCUT2D eigenvalue weighted by Crippen LogP contribution is -2.31. The molecule has 20 heavy (non-hydrogen) atoms. The number of nitrogens with one attached hydrogen (secondary N) is 1. The van der Waals surface area contributed by atoms with Gasteiger partial charge < -0.3 is 10.1 Å². The van der Waals surface area contributed by atoms with E-state index in [9.17, 15) is 0 Å². The van der Waals surface area contributed by atoms with Crippen LogP contribution in [0.1, 0.15) is 43.4 Å². The van der Waals surface area contributed by atoms with Gasteiger partial charge in [-0.1, -0.05) is 6.07 Å². The Morgan fingerprint density at radius 3 is 2.85 bits per heavy atom. The molecule has 1 saturated carbocycles. The van der Waals surface area contributed by atoms with Crippen LogP contribution in [0, 0.1) is 5.92 Å². The van der Waals surface area contributed by atoms with Crippen LogP contribution in [0.5, 0.6) is 5.75 Å². The number of nitrogens with zero attached hydrogens (tertiary/aromatic N) is 1. The molecule has 1 aliphatic carbocycles. The topological polar surface area (TPSA) is 24.5 Å². The maximum atomic E-state index is 5.56. The number of ether oxygens (including phenoxy) is 1. The molecular weight excluding hydrogens is 248 g/mol. The molecule has 0 spiro atoms. The fourth-order valence-corrected chi connectivity index (χ4v) is 3.80. The Hall–Kier alpha value is -1.06. The van der Waals surface area contributed by atoms with Crippen molar-refractivity contribution < 1.29 is 4.74 Å². The van der Waals surface area contributed by atoms with E-state index in [1.807, 2.05) is 7.05 Å². The van der Waals surface area contributed by atoms with Gasteiger partial charge >= 0.3 is 0 Å². The molecule has 1 saturated heterocycles. The predicted molar refractivity (Wildman–Crippen MR) is 82.0 cm³/mol. The monoisotopic (exact) mass is 274 g/mol. The van der Waals surface area contributed by atoms with Gasteiger partial charge in [-0.2, -0.15) is 0 Å². The summed E-state index contributed by atoms with van der Waals surface area (Å²) in [5.41, 5.74) is 2.67. The SMILES string of the molecule is CNC(C)c1ccc(OC)c(CN2CC3CCC2C3)c1. The van der Waals surface area contributed by atoms with Gasteiger partial charge in [0.1, 0.15) is 5.75 Å². The highest BCUT2D eigenvalue weighted by Crippen LogP contribution is 2.39. The minimum absolute atomic E-state index is 0.384. The Labute approximate surface area is 122 Å². The van der Waals surface area contributed by atoms with Gasteiger partial charge in [0.2, 0.25) is 0 Å². The third kappa shape index (κ3) is 2.57. The van der Waals surface area contributed by atoms with E-state index < -0.39 is 0 Å². The number of hydrogen-bond acceptors (Lipinski definition) is 3. The van der Waals surface area contributed by atoms with Crippen molar-refractivity contribution in [3.63, 3.8) is 0 Å². The second-order valence-electron chi connectivity index (χ2n) is 6.34. The average molecular weight is 274 g/mol. The van der Waals surface area contributed by atoms with Gasteiger partial charge in [-0.15, -0.1) is 0 Å². The summed E-state index contributed by atoms with van der Waals surface area (Å²) in [6.45, 7) is 4.51. The number of piperidine rings is 1. The molecule has 3 rings (SSSR count). The Morgan fingerprint density at radius 1 is 1.40 bits per heavy atom. The molecular formula is C17H26N2O. The molecule has 0 aromatic heterocycles. The summed E-state index contributed by atoms with van der Waals surface area (Å²) in [5, 5.41) is 3.31. The Balaban J connectivity index is 1.79. The number of hydrogen-bond donors (Lipinski definition) is 1. The number of rotatable bonds is 5. The van der Waals surface area contributed by atoms with E-state index in [2.05, 4.69) is 35.3 Å². The lowest BCUT2D eigenvalue weighted by molar-refractivity contribution is 0.203. The number of methoxy groups -OCH3 is 1. The average Bonchev–Trinajstić information content (AvgIpc) is 3.09. The highest BCUT2D eigenvalue weighted by molar-refractivity contribution is 5.38. The maximum absolute atomic E-state index is 5.56. The van der Waals surface area contributed by atoms with Crippen LogP contribution in [-0.2, 0) is 6.54 Å². The summed E-state index contributed by atoms with van der Waals surface area (Å²) >= 11 is 0. The summed E-state index contributed by atoms with van der Waals surface area (Å²) < 4.78 is 5.56. The first kappa shape index (κ1) is 13.9. The van der Waals surface area contributed by atoms with Gasteiger partial charge in [0.05, 0.1) is 7.11 Å². The number of likely N-dealkylation sites (tertiary alicyclic amines) is 1. The lowest BCUT2D eigenvalue weighted by atomic mass is 10.0. The summed E-state index contributed by atoms with van der Waals surface area (Å²) in [6.07, 6.45) is 4.24. The molecule has 3 nitrogen and oxygen atoms in total. The third-order valence-electron chi connectivity index (χ3n) is 5.13. The number of benzene rings is 1. The van der Waals surface area contributed by atoms with Crippen molar-refractivity contribution in [2.75, 3.05) is 20.7 Å². The normalized spacial score (nSPS) is 26.9. The van der Waals surface area contributed by atoms with Crippen LogP contribution in [0.15, 0.2) is 18.2 Å². The summed E-state index contributed by atoms with van der Waals surface area (Å²) in [6, 6.07) is 7.79. The van der Waals surface area contributed by atoms with Crippen LogP contribution in [-0.4, -0.2) is 31.6 Å². The molecule has 110 valence electrons. The first-order valence-corrected chi connectivity index (χ1v) is 7.79. The molecule has 0 radical (unpaired) electrons. The first-order chi connectivity index (χ1) is 9.71. The second-order valence-corrected chi connectivity index (χ2v) is 6.34. The molecule has 0 amide bonds. The number of fused-ring (bicyclic) bond motifs is 2. The van der Waals surface area contributed by atoms with Gasteiger partial charge in [0.15, 0.2) is 0 Å². The zero-order chi connectivity index (χ0) is 14.1. The Bertz CT molecular complexity index is 474. The molecule has 2 bridgehead atoms. The molecule has 1 aromatic rings. The van der Waals surface area contributed by atoms with E-state index in [1.165, 1.54) is 36.9 Å². The summed E-state index contributed by atoms with van der Waals surface area (Å²) in [4.78, 5) is 2.65. The lowest BCUT2D eigenvalue weighted by Gasteiger charge is -2.27. The van der Waals surface area contributed by atoms with Crippen LogP contribution in [0.2, 0.25) is 0 Å². The molecule has 3 unspecified atom stereocenters. The summed E-state index contributed by atoms with van der Waals surface area (Å²) in [7, 11) is 3.78.